The monoisotopic (exact) mass is 556 g/mol. The molecular weight excluding hydrogens is 528 g/mol. The number of thioether (sulfide) groups is 1. The van der Waals surface area contributed by atoms with Crippen LogP contribution < -0.4 is 20.3 Å². The fraction of sp³-hybridized carbons (Fsp3) is 0.320. The Balaban J connectivity index is 1.27. The standard InChI is InChI=1S/C25H28N6O5S2/c1-38(35,36)30-20-13-17(4-7-21(20)32)22(33)14-27-18-8-10-31(11-9-18)19-5-2-16(3-6-19)12-23-24(34)29-25(37-23)28-15-26/h2-7,12-13,18,22,27,30,32-33H,8-11,14H2,1H3,(H,28,29,34)/b23-12-/t22-/m0/s1. The van der Waals surface area contributed by atoms with E-state index in [1.165, 1.54) is 12.1 Å². The summed E-state index contributed by atoms with van der Waals surface area (Å²) in [6.45, 7) is 1.97. The number of aliphatic imine (C=N–C) groups is 1. The molecular formula is C25H28N6O5S2. The second-order valence-corrected chi connectivity index (χ2v) is 11.8. The molecule has 2 saturated heterocycles. The number of anilines is 2. The van der Waals surface area contributed by atoms with Gasteiger partial charge in [0.25, 0.3) is 5.91 Å². The number of phenols is 1. The lowest BCUT2D eigenvalue weighted by Gasteiger charge is -2.34. The molecule has 200 valence electrons. The minimum atomic E-state index is -3.56. The van der Waals surface area contributed by atoms with Crippen LogP contribution in [0.1, 0.15) is 30.1 Å². The van der Waals surface area contributed by atoms with Crippen molar-refractivity contribution < 1.29 is 23.4 Å². The maximum atomic E-state index is 12.0. The van der Waals surface area contributed by atoms with Crippen molar-refractivity contribution in [2.45, 2.75) is 25.0 Å². The van der Waals surface area contributed by atoms with Gasteiger partial charge >= 0.3 is 0 Å². The molecule has 2 aliphatic heterocycles. The number of hydrogen-bond acceptors (Lipinski definition) is 10. The molecule has 0 saturated carbocycles. The number of aliphatic hydroxyl groups is 1. The van der Waals surface area contributed by atoms with Gasteiger partial charge in [-0.3, -0.25) is 14.8 Å². The van der Waals surface area contributed by atoms with Crippen molar-refractivity contribution in [3.63, 3.8) is 0 Å². The van der Waals surface area contributed by atoms with E-state index in [1.54, 1.807) is 18.3 Å². The van der Waals surface area contributed by atoms with Crippen LogP contribution in [0.3, 0.4) is 0 Å². The molecule has 0 aromatic heterocycles. The third kappa shape index (κ3) is 7.26. The molecule has 0 radical (unpaired) electrons. The Morgan fingerprint density at radius 2 is 1.97 bits per heavy atom. The Morgan fingerprint density at radius 3 is 2.63 bits per heavy atom. The van der Waals surface area contributed by atoms with Crippen LogP contribution in [0.5, 0.6) is 5.75 Å². The molecule has 1 amide bonds. The number of nitrogens with one attached hydrogen (secondary N) is 3. The highest BCUT2D eigenvalue weighted by atomic mass is 32.2. The Kier molecular flexibility index (Phi) is 8.58. The van der Waals surface area contributed by atoms with Gasteiger partial charge in [0.1, 0.15) is 5.75 Å². The number of benzene rings is 2. The highest BCUT2D eigenvalue weighted by molar-refractivity contribution is 8.18. The molecule has 11 nitrogen and oxygen atoms in total. The number of phenolic OH excluding ortho intramolecular Hbond substituents is 1. The molecule has 4 rings (SSSR count). The van der Waals surface area contributed by atoms with Gasteiger partial charge in [0.2, 0.25) is 16.2 Å². The van der Waals surface area contributed by atoms with E-state index < -0.39 is 16.1 Å². The van der Waals surface area contributed by atoms with Crippen LogP contribution >= 0.6 is 11.8 Å². The Morgan fingerprint density at radius 1 is 1.26 bits per heavy atom. The Bertz CT molecular complexity index is 1390. The lowest BCUT2D eigenvalue weighted by atomic mass is 10.0. The molecule has 5 N–H and O–H groups in total. The average Bonchev–Trinajstić information content (AvgIpc) is 3.22. The van der Waals surface area contributed by atoms with Crippen LogP contribution in [-0.4, -0.2) is 61.6 Å². The first-order valence-electron chi connectivity index (χ1n) is 11.9. The van der Waals surface area contributed by atoms with Gasteiger partial charge < -0.3 is 20.4 Å². The van der Waals surface area contributed by atoms with Crippen LogP contribution in [0.4, 0.5) is 11.4 Å². The predicted octanol–water partition coefficient (Wildman–Crippen LogP) is 2.10. The molecule has 0 bridgehead atoms. The number of sulfonamides is 1. The van der Waals surface area contributed by atoms with E-state index in [0.29, 0.717) is 17.0 Å². The molecule has 0 spiro atoms. The SMILES string of the molecule is CS(=O)(=O)Nc1cc([C@@H](O)CNC2CCN(c3ccc(/C=C4\SC(=NC#N)NC4=O)cc3)CC2)ccc1O. The quantitative estimate of drug-likeness (QED) is 0.186. The van der Waals surface area contributed by atoms with Crippen LogP contribution in [0.2, 0.25) is 0 Å². The molecule has 0 aliphatic carbocycles. The first kappa shape index (κ1) is 27.5. The smallest absolute Gasteiger partial charge is 0.264 e. The lowest BCUT2D eigenvalue weighted by molar-refractivity contribution is -0.115. The van der Waals surface area contributed by atoms with Gasteiger partial charge in [-0.2, -0.15) is 5.26 Å². The summed E-state index contributed by atoms with van der Waals surface area (Å²) in [5.41, 5.74) is 2.48. The second kappa shape index (κ2) is 11.9. The zero-order valence-electron chi connectivity index (χ0n) is 20.6. The largest absolute Gasteiger partial charge is 0.506 e. The number of nitrogens with zero attached hydrogens (tertiary/aromatic N) is 3. The van der Waals surface area contributed by atoms with Gasteiger partial charge in [-0.25, -0.2) is 8.42 Å². The zero-order valence-corrected chi connectivity index (χ0v) is 22.2. The molecule has 2 aliphatic rings. The first-order valence-corrected chi connectivity index (χ1v) is 14.6. The summed E-state index contributed by atoms with van der Waals surface area (Å²) in [6, 6.07) is 12.5. The predicted molar refractivity (Wildman–Crippen MR) is 148 cm³/mol. The number of nitriles is 1. The topological polar surface area (TPSA) is 167 Å². The van der Waals surface area contributed by atoms with Crippen LogP contribution in [-0.2, 0) is 14.8 Å². The summed E-state index contributed by atoms with van der Waals surface area (Å²) < 4.78 is 25.2. The van der Waals surface area contributed by atoms with Gasteiger partial charge in [0, 0.05) is 31.4 Å². The van der Waals surface area contributed by atoms with Gasteiger partial charge in [0.05, 0.1) is 23.0 Å². The van der Waals surface area contributed by atoms with E-state index in [4.69, 9.17) is 5.26 Å². The van der Waals surface area contributed by atoms with Crippen molar-refractivity contribution in [3.05, 3.63) is 58.5 Å². The number of carbonyl (C=O) groups is 1. The highest BCUT2D eigenvalue weighted by Crippen LogP contribution is 2.29. The maximum absolute atomic E-state index is 12.0. The molecule has 13 heteroatoms. The molecule has 2 aromatic rings. The van der Waals surface area contributed by atoms with Crippen LogP contribution in [0.25, 0.3) is 6.08 Å². The first-order chi connectivity index (χ1) is 18.1. The number of rotatable bonds is 8. The van der Waals surface area contributed by atoms with Crippen molar-refractivity contribution in [2.24, 2.45) is 4.99 Å². The number of carbonyl (C=O) groups excluding carboxylic acids is 1. The summed E-state index contributed by atoms with van der Waals surface area (Å²) in [5.74, 6) is -0.484. The van der Waals surface area contributed by atoms with Crippen molar-refractivity contribution in [1.82, 2.24) is 10.6 Å². The minimum Gasteiger partial charge on any atom is -0.506 e. The maximum Gasteiger partial charge on any atom is 0.264 e. The van der Waals surface area contributed by atoms with E-state index in [-0.39, 0.29) is 28.6 Å². The summed E-state index contributed by atoms with van der Waals surface area (Å²) >= 11 is 1.13. The molecule has 1 atom stereocenters. The van der Waals surface area contributed by atoms with Gasteiger partial charge in [-0.05, 0) is 66.1 Å². The van der Waals surface area contributed by atoms with Gasteiger partial charge in [0.15, 0.2) is 5.17 Å². The number of aromatic hydroxyl groups is 1. The fourth-order valence-electron chi connectivity index (χ4n) is 4.24. The van der Waals surface area contributed by atoms with Crippen molar-refractivity contribution in [1.29, 1.82) is 5.26 Å². The van der Waals surface area contributed by atoms with E-state index in [2.05, 4.69) is 25.2 Å². The Hall–Kier alpha value is -3.57. The number of amidine groups is 1. The summed E-state index contributed by atoms with van der Waals surface area (Å²) in [7, 11) is -3.56. The lowest BCUT2D eigenvalue weighted by Crippen LogP contribution is -2.43. The number of piperidine rings is 1. The molecule has 2 aromatic carbocycles. The van der Waals surface area contributed by atoms with E-state index in [9.17, 15) is 23.4 Å². The minimum absolute atomic E-state index is 0.0300. The second-order valence-electron chi connectivity index (χ2n) is 9.01. The third-order valence-electron chi connectivity index (χ3n) is 6.15. The number of hydrogen-bond donors (Lipinski definition) is 5. The number of aliphatic hydroxyl groups excluding tert-OH is 1. The highest BCUT2D eigenvalue weighted by Gasteiger charge is 2.24. The summed E-state index contributed by atoms with van der Waals surface area (Å²) in [4.78, 5) is 18.3. The Labute approximate surface area is 225 Å². The fourth-order valence-corrected chi connectivity index (χ4v) is 5.58. The molecule has 38 heavy (non-hydrogen) atoms. The average molecular weight is 557 g/mol. The van der Waals surface area contributed by atoms with Crippen LogP contribution in [0.15, 0.2) is 52.4 Å². The molecule has 2 fully saturated rings. The normalized spacial score (nSPS) is 19.4. The van der Waals surface area contributed by atoms with Crippen molar-refractivity contribution in [3.8, 4) is 11.9 Å². The van der Waals surface area contributed by atoms with Crippen LogP contribution in [0, 0.1) is 11.5 Å². The van der Waals surface area contributed by atoms with Crippen molar-refractivity contribution in [2.75, 3.05) is 35.5 Å². The van der Waals surface area contributed by atoms with E-state index in [1.807, 2.05) is 24.3 Å². The van der Waals surface area contributed by atoms with Gasteiger partial charge in [-0.1, -0.05) is 18.2 Å². The third-order valence-corrected chi connectivity index (χ3v) is 7.65. The summed E-state index contributed by atoms with van der Waals surface area (Å²) in [6.07, 6.45) is 5.32. The number of amides is 1. The zero-order chi connectivity index (χ0) is 27.3. The molecule has 2 heterocycles. The summed E-state index contributed by atoms with van der Waals surface area (Å²) in [5, 5.41) is 35.3. The van der Waals surface area contributed by atoms with E-state index >= 15 is 0 Å². The van der Waals surface area contributed by atoms with Crippen molar-refractivity contribution >= 4 is 50.3 Å². The molecule has 0 unspecified atom stereocenters. The van der Waals surface area contributed by atoms with Gasteiger partial charge in [-0.15, -0.1) is 4.99 Å². The van der Waals surface area contributed by atoms with E-state index in [0.717, 1.165) is 55.2 Å².